The van der Waals surface area contributed by atoms with Crippen molar-refractivity contribution in [1.82, 2.24) is 5.43 Å². The van der Waals surface area contributed by atoms with Crippen LogP contribution in [0.3, 0.4) is 0 Å². The lowest BCUT2D eigenvalue weighted by Gasteiger charge is -2.08. The Labute approximate surface area is 188 Å². The molecule has 0 saturated carbocycles. The average Bonchev–Trinajstić information content (AvgIpc) is 2.76. The molecule has 0 radical (unpaired) electrons. The van der Waals surface area contributed by atoms with Crippen LogP contribution in [-0.2, 0) is 0 Å². The van der Waals surface area contributed by atoms with Crippen molar-refractivity contribution in [2.45, 2.75) is 0 Å². The Hall–Kier alpha value is -3.23. The van der Waals surface area contributed by atoms with Gasteiger partial charge in [0.05, 0.1) is 18.9 Å². The van der Waals surface area contributed by atoms with Gasteiger partial charge in [-0.25, -0.2) is 4.79 Å². The zero-order valence-corrected chi connectivity index (χ0v) is 18.4. The van der Waals surface area contributed by atoms with Crippen LogP contribution in [0.15, 0.2) is 82.4 Å². The van der Waals surface area contributed by atoms with Gasteiger partial charge in [-0.2, -0.15) is 5.10 Å². The van der Waals surface area contributed by atoms with Gasteiger partial charge in [0.2, 0.25) is 0 Å². The molecule has 152 valence electrons. The van der Waals surface area contributed by atoms with E-state index < -0.39 is 5.97 Å². The molecule has 0 fully saturated rings. The fourth-order valence-electron chi connectivity index (χ4n) is 2.41. The third-order valence-electron chi connectivity index (χ3n) is 3.91. The standard InChI is InChI=1S/C22H18BrN3O3S/c1-28-17-12-8-16(9-13-17)25-22(30)26-24-14-15-6-10-18(11-7-15)29-21(27)19-4-2-3-5-20(19)23/h2-14H,1H3,(H2,25,26,30)/b24-14-. The lowest BCUT2D eigenvalue weighted by molar-refractivity contribution is 0.0734. The van der Waals surface area contributed by atoms with Crippen molar-refractivity contribution in [1.29, 1.82) is 0 Å². The Morgan fingerprint density at radius 1 is 1.00 bits per heavy atom. The van der Waals surface area contributed by atoms with Crippen LogP contribution in [0, 0.1) is 0 Å². The maximum atomic E-state index is 12.2. The first-order chi connectivity index (χ1) is 14.5. The number of anilines is 1. The van der Waals surface area contributed by atoms with Gasteiger partial charge in [0.1, 0.15) is 11.5 Å². The molecule has 0 saturated heterocycles. The largest absolute Gasteiger partial charge is 0.497 e. The van der Waals surface area contributed by atoms with Gasteiger partial charge >= 0.3 is 5.97 Å². The number of benzene rings is 3. The Balaban J connectivity index is 1.51. The van der Waals surface area contributed by atoms with Gasteiger partial charge < -0.3 is 14.8 Å². The number of ether oxygens (including phenoxy) is 2. The number of thiocarbonyl (C=S) groups is 1. The highest BCUT2D eigenvalue weighted by Crippen LogP contribution is 2.19. The van der Waals surface area contributed by atoms with Crippen LogP contribution in [-0.4, -0.2) is 24.4 Å². The number of nitrogens with one attached hydrogen (secondary N) is 2. The van der Waals surface area contributed by atoms with Gasteiger partial charge in [-0.15, -0.1) is 0 Å². The topological polar surface area (TPSA) is 71.9 Å². The van der Waals surface area contributed by atoms with Gasteiger partial charge in [0, 0.05) is 10.2 Å². The third kappa shape index (κ3) is 6.13. The highest BCUT2D eigenvalue weighted by molar-refractivity contribution is 9.10. The molecule has 3 aromatic carbocycles. The molecule has 8 heteroatoms. The molecule has 0 unspecified atom stereocenters. The number of hydrazone groups is 1. The summed E-state index contributed by atoms with van der Waals surface area (Å²) in [5, 5.41) is 7.48. The Morgan fingerprint density at radius 2 is 1.67 bits per heavy atom. The van der Waals surface area contributed by atoms with E-state index in [0.29, 0.717) is 20.9 Å². The molecule has 30 heavy (non-hydrogen) atoms. The summed E-state index contributed by atoms with van der Waals surface area (Å²) in [7, 11) is 1.61. The molecule has 0 aliphatic carbocycles. The fourth-order valence-corrected chi connectivity index (χ4v) is 3.03. The lowest BCUT2D eigenvalue weighted by atomic mass is 10.2. The van der Waals surface area contributed by atoms with Crippen molar-refractivity contribution < 1.29 is 14.3 Å². The smallest absolute Gasteiger partial charge is 0.344 e. The van der Waals surface area contributed by atoms with Crippen LogP contribution in [0.2, 0.25) is 0 Å². The Kier molecular flexibility index (Phi) is 7.53. The summed E-state index contributed by atoms with van der Waals surface area (Å²) >= 11 is 8.55. The van der Waals surface area contributed by atoms with Crippen LogP contribution in [0.25, 0.3) is 0 Å². The van der Waals surface area contributed by atoms with E-state index in [2.05, 4.69) is 31.8 Å². The molecule has 0 aliphatic rings. The van der Waals surface area contributed by atoms with Crippen LogP contribution in [0.5, 0.6) is 11.5 Å². The molecule has 0 heterocycles. The van der Waals surface area contributed by atoms with Crippen LogP contribution in [0.4, 0.5) is 5.69 Å². The minimum Gasteiger partial charge on any atom is -0.497 e. The summed E-state index contributed by atoms with van der Waals surface area (Å²) in [6.45, 7) is 0. The maximum absolute atomic E-state index is 12.2. The SMILES string of the molecule is COc1ccc(NC(=S)N/N=C\c2ccc(OC(=O)c3ccccc3Br)cc2)cc1. The minimum absolute atomic E-state index is 0.357. The van der Waals surface area contributed by atoms with E-state index in [0.717, 1.165) is 17.0 Å². The number of hydrogen-bond acceptors (Lipinski definition) is 5. The molecular formula is C22H18BrN3O3S. The molecule has 0 spiro atoms. The molecule has 6 nitrogen and oxygen atoms in total. The summed E-state index contributed by atoms with van der Waals surface area (Å²) in [6, 6.07) is 21.4. The van der Waals surface area contributed by atoms with Crippen molar-refractivity contribution >= 4 is 51.1 Å². The first-order valence-corrected chi connectivity index (χ1v) is 10.1. The molecule has 0 aliphatic heterocycles. The molecule has 3 rings (SSSR count). The Bertz CT molecular complexity index is 1050. The first kappa shape index (κ1) is 21.5. The van der Waals surface area contributed by atoms with Gasteiger partial charge in [0.25, 0.3) is 0 Å². The number of rotatable bonds is 6. The van der Waals surface area contributed by atoms with Gasteiger partial charge in [-0.3, -0.25) is 5.43 Å². The van der Waals surface area contributed by atoms with E-state index in [1.165, 1.54) is 0 Å². The molecule has 0 atom stereocenters. The van der Waals surface area contributed by atoms with Crippen molar-refractivity contribution in [3.8, 4) is 11.5 Å². The highest BCUT2D eigenvalue weighted by atomic mass is 79.9. The van der Waals surface area contributed by atoms with Gasteiger partial charge in [0.15, 0.2) is 5.11 Å². The highest BCUT2D eigenvalue weighted by Gasteiger charge is 2.11. The average molecular weight is 484 g/mol. The van der Waals surface area contributed by atoms with Crippen molar-refractivity contribution in [3.63, 3.8) is 0 Å². The third-order valence-corrected chi connectivity index (χ3v) is 4.80. The predicted octanol–water partition coefficient (Wildman–Crippen LogP) is 5.00. The number of esters is 1. The molecule has 0 aromatic heterocycles. The van der Waals surface area contributed by atoms with Crippen LogP contribution >= 0.6 is 28.1 Å². The Morgan fingerprint density at radius 3 is 2.33 bits per heavy atom. The first-order valence-electron chi connectivity index (χ1n) is 8.86. The van der Waals surface area contributed by atoms with E-state index in [9.17, 15) is 4.79 Å². The van der Waals surface area contributed by atoms with E-state index in [1.807, 2.05) is 30.3 Å². The molecule has 0 amide bonds. The zero-order chi connectivity index (χ0) is 21.3. The van der Waals surface area contributed by atoms with Crippen molar-refractivity contribution in [2.24, 2.45) is 5.10 Å². The zero-order valence-electron chi connectivity index (χ0n) is 16.0. The maximum Gasteiger partial charge on any atom is 0.344 e. The van der Waals surface area contributed by atoms with Crippen LogP contribution < -0.4 is 20.2 Å². The second-order valence-electron chi connectivity index (χ2n) is 5.99. The van der Waals surface area contributed by atoms with Crippen molar-refractivity contribution in [2.75, 3.05) is 12.4 Å². The molecule has 0 bridgehead atoms. The summed E-state index contributed by atoms with van der Waals surface area (Å²) in [5.41, 5.74) is 4.85. The normalized spacial score (nSPS) is 10.5. The summed E-state index contributed by atoms with van der Waals surface area (Å²) in [4.78, 5) is 12.2. The second-order valence-corrected chi connectivity index (χ2v) is 7.25. The molecular weight excluding hydrogens is 466 g/mol. The van der Waals surface area contributed by atoms with E-state index in [-0.39, 0.29) is 0 Å². The molecule has 2 N–H and O–H groups in total. The van der Waals surface area contributed by atoms with Crippen molar-refractivity contribution in [3.05, 3.63) is 88.4 Å². The predicted molar refractivity (Wildman–Crippen MR) is 125 cm³/mol. The quantitative estimate of drug-likeness (QED) is 0.169. The number of halogens is 1. The number of nitrogens with zero attached hydrogens (tertiary/aromatic N) is 1. The fraction of sp³-hybridized carbons (Fsp3) is 0.0455. The van der Waals surface area contributed by atoms with E-state index >= 15 is 0 Å². The minimum atomic E-state index is -0.430. The summed E-state index contributed by atoms with van der Waals surface area (Å²) in [6.07, 6.45) is 1.61. The number of carbonyl (C=O) groups is 1. The summed E-state index contributed by atoms with van der Waals surface area (Å²) < 4.78 is 11.2. The number of hydrogen-bond donors (Lipinski definition) is 2. The lowest BCUT2D eigenvalue weighted by Crippen LogP contribution is -2.23. The molecule has 3 aromatic rings. The van der Waals surface area contributed by atoms with E-state index in [1.54, 1.807) is 55.8 Å². The monoisotopic (exact) mass is 483 g/mol. The van der Waals surface area contributed by atoms with Gasteiger partial charge in [-0.05, 0) is 94.4 Å². The number of carbonyl (C=O) groups excluding carboxylic acids is 1. The summed E-state index contributed by atoms with van der Waals surface area (Å²) in [5.74, 6) is 0.779. The number of methoxy groups -OCH3 is 1. The van der Waals surface area contributed by atoms with E-state index in [4.69, 9.17) is 21.7 Å². The van der Waals surface area contributed by atoms with Crippen LogP contribution in [0.1, 0.15) is 15.9 Å². The van der Waals surface area contributed by atoms with Gasteiger partial charge in [-0.1, -0.05) is 12.1 Å². The second kappa shape index (κ2) is 10.5.